The molecule has 6 heteroatoms. The second-order valence-corrected chi connectivity index (χ2v) is 4.75. The lowest BCUT2D eigenvalue weighted by molar-refractivity contribution is 0.292. The van der Waals surface area contributed by atoms with Gasteiger partial charge in [0.2, 0.25) is 11.9 Å². The summed E-state index contributed by atoms with van der Waals surface area (Å²) in [4.78, 5) is 12.8. The smallest absolute Gasteiger partial charge is 0.323 e. The summed E-state index contributed by atoms with van der Waals surface area (Å²) in [6, 6.07) is 0.375. The van der Waals surface area contributed by atoms with Crippen LogP contribution >= 0.6 is 0 Å². The molecule has 2 N–H and O–H groups in total. The molecule has 0 aliphatic carbocycles. The average molecular weight is 267 g/mol. The zero-order valence-electron chi connectivity index (χ0n) is 12.4. The molecule has 1 aromatic heterocycles. The Morgan fingerprint density at radius 3 is 2.32 bits per heavy atom. The van der Waals surface area contributed by atoms with Gasteiger partial charge < -0.3 is 15.4 Å². The van der Waals surface area contributed by atoms with Gasteiger partial charge in [0.05, 0.1) is 6.61 Å². The Labute approximate surface area is 115 Å². The molecular formula is C13H25N5O. The van der Waals surface area contributed by atoms with Gasteiger partial charge in [-0.3, -0.25) is 0 Å². The van der Waals surface area contributed by atoms with Crippen LogP contribution in [-0.2, 0) is 0 Å². The lowest BCUT2D eigenvalue weighted by atomic mass is 10.1. The topological polar surface area (TPSA) is 72.0 Å². The number of hydrogen-bond donors (Lipinski definition) is 2. The third kappa shape index (κ3) is 6.22. The van der Waals surface area contributed by atoms with Crippen LogP contribution in [0.5, 0.6) is 6.01 Å². The Balaban J connectivity index is 2.68. The van der Waals surface area contributed by atoms with Crippen molar-refractivity contribution in [3.8, 4) is 6.01 Å². The Morgan fingerprint density at radius 1 is 1.05 bits per heavy atom. The maximum atomic E-state index is 5.47. The van der Waals surface area contributed by atoms with E-state index < -0.39 is 0 Å². The van der Waals surface area contributed by atoms with Crippen LogP contribution in [0.2, 0.25) is 0 Å². The monoisotopic (exact) mass is 267 g/mol. The van der Waals surface area contributed by atoms with E-state index in [4.69, 9.17) is 4.74 Å². The van der Waals surface area contributed by atoms with Crippen LogP contribution in [0.15, 0.2) is 0 Å². The predicted octanol–water partition coefficient (Wildman–Crippen LogP) is 2.55. The van der Waals surface area contributed by atoms with Crippen molar-refractivity contribution in [2.45, 2.75) is 40.5 Å². The van der Waals surface area contributed by atoms with Crippen molar-refractivity contribution >= 4 is 11.9 Å². The molecule has 0 aliphatic heterocycles. The number of nitrogens with zero attached hydrogens (tertiary/aromatic N) is 3. The minimum Gasteiger partial charge on any atom is -0.463 e. The predicted molar refractivity (Wildman–Crippen MR) is 77.7 cm³/mol. The van der Waals surface area contributed by atoms with Crippen LogP contribution in [0.25, 0.3) is 0 Å². The first-order chi connectivity index (χ1) is 9.15. The van der Waals surface area contributed by atoms with E-state index in [-0.39, 0.29) is 0 Å². The number of rotatable bonds is 9. The van der Waals surface area contributed by atoms with E-state index >= 15 is 0 Å². The van der Waals surface area contributed by atoms with Gasteiger partial charge in [-0.15, -0.1) is 0 Å². The lowest BCUT2D eigenvalue weighted by Crippen LogP contribution is -2.12. The zero-order valence-corrected chi connectivity index (χ0v) is 12.4. The third-order valence-electron chi connectivity index (χ3n) is 2.39. The first kappa shape index (κ1) is 15.5. The molecule has 0 saturated heterocycles. The molecule has 0 unspecified atom stereocenters. The third-order valence-corrected chi connectivity index (χ3v) is 2.39. The zero-order chi connectivity index (χ0) is 14.1. The molecule has 1 heterocycles. The van der Waals surface area contributed by atoms with Gasteiger partial charge in [0.15, 0.2) is 0 Å². The van der Waals surface area contributed by atoms with Crippen LogP contribution in [0.1, 0.15) is 40.5 Å². The highest BCUT2D eigenvalue weighted by atomic mass is 16.5. The Hall–Kier alpha value is -1.59. The van der Waals surface area contributed by atoms with Crippen LogP contribution < -0.4 is 15.4 Å². The summed E-state index contributed by atoms with van der Waals surface area (Å²) < 4.78 is 5.47. The molecule has 0 spiro atoms. The summed E-state index contributed by atoms with van der Waals surface area (Å²) in [7, 11) is 0. The molecule has 0 bridgehead atoms. The Bertz CT molecular complexity index is 370. The van der Waals surface area contributed by atoms with Gasteiger partial charge in [-0.2, -0.15) is 15.0 Å². The summed E-state index contributed by atoms with van der Waals surface area (Å²) in [5.41, 5.74) is 0. The highest BCUT2D eigenvalue weighted by molar-refractivity contribution is 5.35. The number of nitrogens with one attached hydrogen (secondary N) is 2. The molecule has 6 nitrogen and oxygen atoms in total. The lowest BCUT2D eigenvalue weighted by Gasteiger charge is -2.10. The Morgan fingerprint density at radius 2 is 1.74 bits per heavy atom. The van der Waals surface area contributed by atoms with E-state index in [1.807, 2.05) is 13.8 Å². The minimum absolute atomic E-state index is 0.375. The van der Waals surface area contributed by atoms with Crippen molar-refractivity contribution < 1.29 is 4.74 Å². The molecule has 1 rings (SSSR count). The van der Waals surface area contributed by atoms with Crippen molar-refractivity contribution in [1.82, 2.24) is 15.0 Å². The molecule has 1 aromatic rings. The number of ether oxygens (including phenoxy) is 1. The Kier molecular flexibility index (Phi) is 6.92. The quantitative estimate of drug-likeness (QED) is 0.716. The van der Waals surface area contributed by atoms with E-state index in [2.05, 4.69) is 39.4 Å². The van der Waals surface area contributed by atoms with Crippen LogP contribution in [-0.4, -0.2) is 34.6 Å². The highest BCUT2D eigenvalue weighted by Gasteiger charge is 2.06. The fourth-order valence-corrected chi connectivity index (χ4v) is 1.40. The number of anilines is 2. The highest BCUT2D eigenvalue weighted by Crippen LogP contribution is 2.12. The fraction of sp³-hybridized carbons (Fsp3) is 0.769. The molecule has 19 heavy (non-hydrogen) atoms. The summed E-state index contributed by atoms with van der Waals surface area (Å²) in [6.45, 7) is 10.7. The normalized spacial score (nSPS) is 10.6. The molecule has 0 atom stereocenters. The van der Waals surface area contributed by atoms with Crippen LogP contribution in [0, 0.1) is 5.92 Å². The van der Waals surface area contributed by atoms with Gasteiger partial charge in [-0.1, -0.05) is 20.8 Å². The molecule has 0 amide bonds. The average Bonchev–Trinajstić information content (AvgIpc) is 2.36. The van der Waals surface area contributed by atoms with E-state index in [1.165, 1.54) is 0 Å². The van der Waals surface area contributed by atoms with Crippen molar-refractivity contribution in [1.29, 1.82) is 0 Å². The van der Waals surface area contributed by atoms with Crippen molar-refractivity contribution in [3.05, 3.63) is 0 Å². The maximum absolute atomic E-state index is 5.47. The van der Waals surface area contributed by atoms with E-state index in [0.717, 1.165) is 25.9 Å². The molecule has 0 fully saturated rings. The first-order valence-corrected chi connectivity index (χ1v) is 7.02. The SMILES string of the molecule is CCCOc1nc(NCC)nc(NCCC(C)C)n1. The van der Waals surface area contributed by atoms with E-state index in [9.17, 15) is 0 Å². The molecule has 0 saturated carbocycles. The maximum Gasteiger partial charge on any atom is 0.323 e. The molecule has 0 aromatic carbocycles. The van der Waals surface area contributed by atoms with Crippen molar-refractivity contribution in [3.63, 3.8) is 0 Å². The van der Waals surface area contributed by atoms with Crippen LogP contribution in [0.3, 0.4) is 0 Å². The second kappa shape index (κ2) is 8.50. The standard InChI is InChI=1S/C13H25N5O/c1-5-9-19-13-17-11(14-6-2)16-12(18-13)15-8-7-10(3)4/h10H,5-9H2,1-4H3,(H2,14,15,16,17,18). The van der Waals surface area contributed by atoms with Gasteiger partial charge in [0.25, 0.3) is 0 Å². The van der Waals surface area contributed by atoms with Gasteiger partial charge >= 0.3 is 6.01 Å². The molecule has 0 aliphatic rings. The van der Waals surface area contributed by atoms with Gasteiger partial charge in [0, 0.05) is 13.1 Å². The number of aromatic nitrogens is 3. The summed E-state index contributed by atoms with van der Waals surface area (Å²) in [5.74, 6) is 1.77. The van der Waals surface area contributed by atoms with Crippen molar-refractivity contribution in [2.24, 2.45) is 5.92 Å². The van der Waals surface area contributed by atoms with Crippen molar-refractivity contribution in [2.75, 3.05) is 30.3 Å². The number of hydrogen-bond acceptors (Lipinski definition) is 6. The van der Waals surface area contributed by atoms with E-state index in [0.29, 0.717) is 30.4 Å². The second-order valence-electron chi connectivity index (χ2n) is 4.75. The fourth-order valence-electron chi connectivity index (χ4n) is 1.40. The molecular weight excluding hydrogens is 242 g/mol. The summed E-state index contributed by atoms with van der Waals surface area (Å²) >= 11 is 0. The molecule has 0 radical (unpaired) electrons. The summed E-state index contributed by atoms with van der Waals surface area (Å²) in [5, 5.41) is 6.29. The summed E-state index contributed by atoms with van der Waals surface area (Å²) in [6.07, 6.45) is 2.01. The van der Waals surface area contributed by atoms with Gasteiger partial charge in [0.1, 0.15) is 0 Å². The largest absolute Gasteiger partial charge is 0.463 e. The molecule has 108 valence electrons. The van der Waals surface area contributed by atoms with Gasteiger partial charge in [-0.05, 0) is 25.7 Å². The van der Waals surface area contributed by atoms with Crippen LogP contribution in [0.4, 0.5) is 11.9 Å². The first-order valence-electron chi connectivity index (χ1n) is 7.02. The van der Waals surface area contributed by atoms with E-state index in [1.54, 1.807) is 0 Å². The van der Waals surface area contributed by atoms with Gasteiger partial charge in [-0.25, -0.2) is 0 Å². The minimum atomic E-state index is 0.375.